The first kappa shape index (κ1) is 14.7. The van der Waals surface area contributed by atoms with E-state index in [1.165, 1.54) is 0 Å². The summed E-state index contributed by atoms with van der Waals surface area (Å²) in [5, 5.41) is 22.6. The van der Waals surface area contributed by atoms with Crippen molar-refractivity contribution in [3.05, 3.63) is 35.9 Å². The van der Waals surface area contributed by atoms with E-state index in [0.717, 1.165) is 6.42 Å². The van der Waals surface area contributed by atoms with Gasteiger partial charge < -0.3 is 15.5 Å². The Balaban J connectivity index is 2.75. The van der Waals surface area contributed by atoms with Crippen LogP contribution in [0.4, 0.5) is 4.79 Å². The van der Waals surface area contributed by atoms with Crippen LogP contribution >= 0.6 is 0 Å². The average Bonchev–Trinajstić information content (AvgIpc) is 2.37. The molecule has 0 aliphatic rings. The number of carbonyl (C=O) groups is 1. The lowest BCUT2D eigenvalue weighted by atomic mass is 9.95. The Morgan fingerprint density at radius 1 is 1.33 bits per heavy atom. The van der Waals surface area contributed by atoms with Crippen LogP contribution in [0.2, 0.25) is 0 Å². The number of rotatable bonds is 6. The Bertz CT molecular complexity index is 372. The SMILES string of the molecule is [B]C(=O)NC(CCC)C(O)C(O)c1ccccc1. The molecular weight excluding hydrogens is 229 g/mol. The lowest BCUT2D eigenvalue weighted by Gasteiger charge is -2.27. The van der Waals surface area contributed by atoms with Crippen LogP contribution in [0.5, 0.6) is 0 Å². The van der Waals surface area contributed by atoms with E-state index in [0.29, 0.717) is 12.0 Å². The van der Waals surface area contributed by atoms with E-state index in [1.54, 1.807) is 24.3 Å². The summed E-state index contributed by atoms with van der Waals surface area (Å²) in [4.78, 5) is 10.9. The fourth-order valence-electron chi connectivity index (χ4n) is 1.89. The molecular formula is C13H18BNO3. The minimum absolute atomic E-state index is 0.550. The number of benzene rings is 1. The highest BCUT2D eigenvalue weighted by Gasteiger charge is 2.27. The zero-order valence-corrected chi connectivity index (χ0v) is 10.4. The van der Waals surface area contributed by atoms with Gasteiger partial charge >= 0.3 is 0 Å². The van der Waals surface area contributed by atoms with Crippen LogP contribution in [0, 0.1) is 0 Å². The van der Waals surface area contributed by atoms with E-state index in [2.05, 4.69) is 5.32 Å². The van der Waals surface area contributed by atoms with Gasteiger partial charge in [0.25, 0.3) is 0 Å². The minimum atomic E-state index is -1.08. The first-order valence-corrected chi connectivity index (χ1v) is 6.03. The molecule has 3 atom stereocenters. The monoisotopic (exact) mass is 247 g/mol. The number of hydrogen-bond acceptors (Lipinski definition) is 3. The highest BCUT2D eigenvalue weighted by molar-refractivity contribution is 6.57. The van der Waals surface area contributed by atoms with Gasteiger partial charge in [-0.3, -0.25) is 4.79 Å². The molecule has 96 valence electrons. The topological polar surface area (TPSA) is 69.6 Å². The second-order valence-corrected chi connectivity index (χ2v) is 4.25. The number of hydrogen-bond donors (Lipinski definition) is 3. The van der Waals surface area contributed by atoms with Crippen molar-refractivity contribution in [1.82, 2.24) is 5.32 Å². The summed E-state index contributed by atoms with van der Waals surface area (Å²) in [7, 11) is 5.06. The summed E-state index contributed by atoms with van der Waals surface area (Å²) in [5.41, 5.74) is 0.609. The smallest absolute Gasteiger partial charge is 0.200 e. The van der Waals surface area contributed by atoms with E-state index < -0.39 is 24.1 Å². The second kappa shape index (κ2) is 7.19. The highest BCUT2D eigenvalue weighted by atomic mass is 16.3. The molecule has 3 unspecified atom stereocenters. The summed E-state index contributed by atoms with van der Waals surface area (Å²) >= 11 is 0. The zero-order chi connectivity index (χ0) is 13.5. The van der Waals surface area contributed by atoms with Crippen LogP contribution < -0.4 is 5.32 Å². The van der Waals surface area contributed by atoms with E-state index in [-0.39, 0.29) is 0 Å². The van der Waals surface area contributed by atoms with Crippen molar-refractivity contribution in [2.24, 2.45) is 0 Å². The third kappa shape index (κ3) is 4.16. The van der Waals surface area contributed by atoms with Crippen molar-refractivity contribution >= 4 is 13.7 Å². The van der Waals surface area contributed by atoms with Crippen LogP contribution in [0.15, 0.2) is 30.3 Å². The molecule has 0 spiro atoms. The first-order chi connectivity index (χ1) is 8.56. The van der Waals surface area contributed by atoms with E-state index >= 15 is 0 Å². The summed E-state index contributed by atoms with van der Waals surface area (Å²) in [6, 6.07) is 8.28. The summed E-state index contributed by atoms with van der Waals surface area (Å²) in [6.45, 7) is 1.93. The molecule has 3 N–H and O–H groups in total. The van der Waals surface area contributed by atoms with Crippen LogP contribution in [0.1, 0.15) is 31.4 Å². The summed E-state index contributed by atoms with van der Waals surface area (Å²) in [5.74, 6) is -0.701. The Labute approximate surface area is 108 Å². The van der Waals surface area contributed by atoms with Crippen molar-refractivity contribution in [3.8, 4) is 0 Å². The molecule has 0 bridgehead atoms. The fourth-order valence-corrected chi connectivity index (χ4v) is 1.89. The molecule has 0 fully saturated rings. The normalized spacial score (nSPS) is 15.7. The molecule has 1 rings (SSSR count). The number of carbonyl (C=O) groups excluding carboxylic acids is 1. The molecule has 0 saturated carbocycles. The van der Waals surface area contributed by atoms with Crippen molar-refractivity contribution in [1.29, 1.82) is 0 Å². The van der Waals surface area contributed by atoms with E-state index in [4.69, 9.17) is 7.85 Å². The quantitative estimate of drug-likeness (QED) is 0.660. The van der Waals surface area contributed by atoms with Crippen molar-refractivity contribution in [2.45, 2.75) is 38.0 Å². The van der Waals surface area contributed by atoms with Gasteiger partial charge in [0.15, 0.2) is 5.81 Å². The van der Waals surface area contributed by atoms with Gasteiger partial charge in [0.1, 0.15) is 12.2 Å². The maximum absolute atomic E-state index is 10.9. The molecule has 2 radical (unpaired) electrons. The van der Waals surface area contributed by atoms with Gasteiger partial charge in [0.2, 0.25) is 7.85 Å². The Morgan fingerprint density at radius 2 is 1.94 bits per heavy atom. The number of aliphatic hydroxyl groups excluding tert-OH is 2. The van der Waals surface area contributed by atoms with Crippen molar-refractivity contribution < 1.29 is 15.0 Å². The van der Waals surface area contributed by atoms with Gasteiger partial charge in [0.05, 0.1) is 6.04 Å². The lowest BCUT2D eigenvalue weighted by molar-refractivity contribution is -0.00413. The lowest BCUT2D eigenvalue weighted by Crippen LogP contribution is -2.45. The molecule has 0 saturated heterocycles. The van der Waals surface area contributed by atoms with Crippen molar-refractivity contribution in [3.63, 3.8) is 0 Å². The van der Waals surface area contributed by atoms with Crippen LogP contribution in [0.3, 0.4) is 0 Å². The minimum Gasteiger partial charge on any atom is -0.388 e. The molecule has 0 aliphatic heterocycles. The van der Waals surface area contributed by atoms with E-state index in [1.807, 2.05) is 13.0 Å². The maximum Gasteiger partial charge on any atom is 0.200 e. The second-order valence-electron chi connectivity index (χ2n) is 4.25. The summed E-state index contributed by atoms with van der Waals surface area (Å²) in [6.07, 6.45) is -0.813. The van der Waals surface area contributed by atoms with Gasteiger partial charge in [0, 0.05) is 0 Å². The number of amides is 1. The average molecular weight is 247 g/mol. The van der Waals surface area contributed by atoms with Gasteiger partial charge in [-0.2, -0.15) is 0 Å². The van der Waals surface area contributed by atoms with Crippen LogP contribution in [-0.4, -0.2) is 36.0 Å². The van der Waals surface area contributed by atoms with Gasteiger partial charge in [-0.1, -0.05) is 43.7 Å². The summed E-state index contributed by atoms with van der Waals surface area (Å²) < 4.78 is 0. The third-order valence-electron chi connectivity index (χ3n) is 2.80. The predicted molar refractivity (Wildman–Crippen MR) is 70.4 cm³/mol. The fraction of sp³-hybridized carbons (Fsp3) is 0.462. The molecule has 0 aliphatic carbocycles. The Kier molecular flexibility index (Phi) is 5.88. The van der Waals surface area contributed by atoms with Crippen molar-refractivity contribution in [2.75, 3.05) is 0 Å². The van der Waals surface area contributed by atoms with Gasteiger partial charge in [-0.05, 0) is 12.0 Å². The molecule has 0 aromatic heterocycles. The van der Waals surface area contributed by atoms with Gasteiger partial charge in [-0.25, -0.2) is 0 Å². The maximum atomic E-state index is 10.9. The number of nitrogens with one attached hydrogen (secondary N) is 1. The predicted octanol–water partition coefficient (Wildman–Crippen LogP) is 1.13. The molecule has 1 aromatic carbocycles. The Hall–Kier alpha value is -1.33. The standard InChI is InChI=1S/C13H18BNO3/c1-2-6-10(15-13(14)18)12(17)11(16)9-7-4-3-5-8-9/h3-5,7-8,10-12,16-17H,2,6H2,1H3,(H,15,18). The zero-order valence-electron chi connectivity index (χ0n) is 10.4. The van der Waals surface area contributed by atoms with Crippen LogP contribution in [0.25, 0.3) is 0 Å². The molecule has 1 amide bonds. The molecule has 1 aromatic rings. The Morgan fingerprint density at radius 3 is 2.44 bits per heavy atom. The van der Waals surface area contributed by atoms with Gasteiger partial charge in [-0.15, -0.1) is 0 Å². The number of aliphatic hydroxyl groups is 2. The van der Waals surface area contributed by atoms with E-state index in [9.17, 15) is 15.0 Å². The largest absolute Gasteiger partial charge is 0.388 e. The first-order valence-electron chi connectivity index (χ1n) is 6.03. The molecule has 5 heteroatoms. The molecule has 0 heterocycles. The molecule has 18 heavy (non-hydrogen) atoms. The third-order valence-corrected chi connectivity index (χ3v) is 2.80. The van der Waals surface area contributed by atoms with Crippen LogP contribution in [-0.2, 0) is 0 Å². The highest BCUT2D eigenvalue weighted by Crippen LogP contribution is 2.20. The molecule has 4 nitrogen and oxygen atoms in total.